The van der Waals surface area contributed by atoms with E-state index in [1.807, 2.05) is 11.0 Å². The molecule has 3 N–H and O–H groups in total. The highest BCUT2D eigenvalue weighted by Gasteiger charge is 2.35. The molecule has 1 amide bonds. The number of nitrogens with zero attached hydrogens (tertiary/aromatic N) is 4. The summed E-state index contributed by atoms with van der Waals surface area (Å²) in [5, 5.41) is 3.17. The minimum atomic E-state index is 0.0783. The van der Waals surface area contributed by atoms with Crippen molar-refractivity contribution >= 4 is 17.7 Å². The third kappa shape index (κ3) is 3.02. The van der Waals surface area contributed by atoms with Crippen molar-refractivity contribution in [2.24, 2.45) is 0 Å². The molecule has 0 unspecified atom stereocenters. The quantitative estimate of drug-likeness (QED) is 0.845. The van der Waals surface area contributed by atoms with Crippen LogP contribution in [0, 0.1) is 0 Å². The molecular weight excluding hydrogens is 332 g/mol. The highest BCUT2D eigenvalue weighted by atomic mass is 16.5. The van der Waals surface area contributed by atoms with Gasteiger partial charge in [0.15, 0.2) is 0 Å². The molecule has 0 atom stereocenters. The number of hydrogen-bond donors (Lipinski definition) is 2. The SMILES string of the molecule is COc1nc2c(cc1CNc1ccnc(N)n1)C(=O)N(C1CCCC1)C2. The molecule has 0 aromatic carbocycles. The van der Waals surface area contributed by atoms with Crippen LogP contribution < -0.4 is 15.8 Å². The van der Waals surface area contributed by atoms with Crippen LogP contribution in [0.3, 0.4) is 0 Å². The lowest BCUT2D eigenvalue weighted by atomic mass is 10.1. The number of carbonyl (C=O) groups excluding carboxylic acids is 1. The van der Waals surface area contributed by atoms with Crippen LogP contribution in [0.15, 0.2) is 18.3 Å². The molecule has 0 saturated heterocycles. The molecule has 136 valence electrons. The van der Waals surface area contributed by atoms with Crippen LogP contribution >= 0.6 is 0 Å². The van der Waals surface area contributed by atoms with Crippen molar-refractivity contribution in [3.8, 4) is 5.88 Å². The molecule has 2 aromatic heterocycles. The van der Waals surface area contributed by atoms with E-state index in [0.717, 1.165) is 24.1 Å². The number of nitrogens with two attached hydrogens (primary N) is 1. The summed E-state index contributed by atoms with van der Waals surface area (Å²) in [4.78, 5) is 27.4. The number of anilines is 2. The van der Waals surface area contributed by atoms with Gasteiger partial charge in [-0.15, -0.1) is 0 Å². The Kier molecular flexibility index (Phi) is 4.32. The third-order valence-corrected chi connectivity index (χ3v) is 5.05. The van der Waals surface area contributed by atoms with E-state index in [4.69, 9.17) is 10.5 Å². The Hall–Kier alpha value is -2.90. The normalized spacial score (nSPS) is 16.8. The second-order valence-electron chi connectivity index (χ2n) is 6.68. The second-order valence-corrected chi connectivity index (χ2v) is 6.68. The topological polar surface area (TPSA) is 106 Å². The van der Waals surface area contributed by atoms with Gasteiger partial charge in [-0.2, -0.15) is 4.98 Å². The van der Waals surface area contributed by atoms with E-state index in [9.17, 15) is 4.79 Å². The summed E-state index contributed by atoms with van der Waals surface area (Å²) < 4.78 is 5.44. The van der Waals surface area contributed by atoms with E-state index in [0.29, 0.717) is 36.4 Å². The maximum Gasteiger partial charge on any atom is 0.256 e. The minimum Gasteiger partial charge on any atom is -0.481 e. The molecule has 8 heteroatoms. The first-order valence-electron chi connectivity index (χ1n) is 8.86. The van der Waals surface area contributed by atoms with Gasteiger partial charge in [0.05, 0.1) is 24.9 Å². The number of methoxy groups -OCH3 is 1. The zero-order chi connectivity index (χ0) is 18.1. The average Bonchev–Trinajstić information content (AvgIpc) is 3.27. The average molecular weight is 354 g/mol. The number of fused-ring (bicyclic) bond motifs is 1. The van der Waals surface area contributed by atoms with Crippen LogP contribution in [0.25, 0.3) is 0 Å². The first-order valence-corrected chi connectivity index (χ1v) is 8.86. The van der Waals surface area contributed by atoms with Crippen LogP contribution in [0.2, 0.25) is 0 Å². The van der Waals surface area contributed by atoms with Gasteiger partial charge < -0.3 is 20.7 Å². The Labute approximate surface area is 151 Å². The van der Waals surface area contributed by atoms with Gasteiger partial charge in [0.1, 0.15) is 5.82 Å². The zero-order valence-electron chi connectivity index (χ0n) is 14.7. The molecule has 4 rings (SSSR count). The number of nitrogens with one attached hydrogen (secondary N) is 1. The number of nitrogen functional groups attached to an aromatic ring is 1. The Morgan fingerprint density at radius 1 is 1.35 bits per heavy atom. The van der Waals surface area contributed by atoms with E-state index in [1.54, 1.807) is 19.4 Å². The van der Waals surface area contributed by atoms with Gasteiger partial charge in [0.2, 0.25) is 11.8 Å². The van der Waals surface area contributed by atoms with Crippen molar-refractivity contribution in [2.45, 2.75) is 44.8 Å². The lowest BCUT2D eigenvalue weighted by molar-refractivity contribution is 0.0706. The molecule has 1 aliphatic heterocycles. The molecular formula is C18H22N6O2. The maximum atomic E-state index is 12.8. The molecule has 1 fully saturated rings. The van der Waals surface area contributed by atoms with E-state index < -0.39 is 0 Å². The zero-order valence-corrected chi connectivity index (χ0v) is 14.7. The molecule has 3 heterocycles. The predicted molar refractivity (Wildman–Crippen MR) is 96.7 cm³/mol. The van der Waals surface area contributed by atoms with Crippen molar-refractivity contribution < 1.29 is 9.53 Å². The number of hydrogen-bond acceptors (Lipinski definition) is 7. The van der Waals surface area contributed by atoms with E-state index >= 15 is 0 Å². The summed E-state index contributed by atoms with van der Waals surface area (Å²) in [7, 11) is 1.59. The van der Waals surface area contributed by atoms with Gasteiger partial charge >= 0.3 is 0 Å². The van der Waals surface area contributed by atoms with E-state index in [1.165, 1.54) is 12.8 Å². The first-order chi connectivity index (χ1) is 12.7. The summed E-state index contributed by atoms with van der Waals surface area (Å²) in [5.41, 5.74) is 7.89. The third-order valence-electron chi connectivity index (χ3n) is 5.05. The number of rotatable bonds is 5. The fourth-order valence-electron chi connectivity index (χ4n) is 3.74. The standard InChI is InChI=1S/C18H22N6O2/c1-26-16-11(9-21-15-6-7-20-18(19)23-15)8-13-14(22-16)10-24(17(13)25)12-4-2-3-5-12/h6-8,12H,2-5,9-10H2,1H3,(H3,19,20,21,23). The lowest BCUT2D eigenvalue weighted by Crippen LogP contribution is -2.33. The monoisotopic (exact) mass is 354 g/mol. The van der Waals surface area contributed by atoms with Gasteiger partial charge in [-0.1, -0.05) is 12.8 Å². The fourth-order valence-corrected chi connectivity index (χ4v) is 3.74. The molecule has 2 aliphatic rings. The van der Waals surface area contributed by atoms with Gasteiger partial charge in [-0.05, 0) is 25.0 Å². The van der Waals surface area contributed by atoms with Crippen LogP contribution in [-0.2, 0) is 13.1 Å². The van der Waals surface area contributed by atoms with Gasteiger partial charge in [0.25, 0.3) is 5.91 Å². The van der Waals surface area contributed by atoms with E-state index in [-0.39, 0.29) is 11.9 Å². The fraction of sp³-hybridized carbons (Fsp3) is 0.444. The van der Waals surface area contributed by atoms with Crippen LogP contribution in [0.5, 0.6) is 5.88 Å². The second kappa shape index (κ2) is 6.78. The van der Waals surface area contributed by atoms with Crippen LogP contribution in [0.1, 0.15) is 47.3 Å². The molecule has 8 nitrogen and oxygen atoms in total. The summed E-state index contributed by atoms with van der Waals surface area (Å²) in [6.07, 6.45) is 6.14. The van der Waals surface area contributed by atoms with Gasteiger partial charge in [-0.3, -0.25) is 4.79 Å². The summed E-state index contributed by atoms with van der Waals surface area (Å²) in [6, 6.07) is 3.96. The summed E-state index contributed by atoms with van der Waals surface area (Å²) >= 11 is 0. The molecule has 1 aliphatic carbocycles. The lowest BCUT2D eigenvalue weighted by Gasteiger charge is -2.22. The molecule has 0 radical (unpaired) electrons. The maximum absolute atomic E-state index is 12.8. The molecule has 0 bridgehead atoms. The Balaban J connectivity index is 1.56. The highest BCUT2D eigenvalue weighted by molar-refractivity contribution is 5.98. The predicted octanol–water partition coefficient (Wildman–Crippen LogP) is 1.97. The Bertz CT molecular complexity index is 834. The van der Waals surface area contributed by atoms with Crippen molar-refractivity contribution in [2.75, 3.05) is 18.2 Å². The van der Waals surface area contributed by atoms with Crippen LogP contribution in [0.4, 0.5) is 11.8 Å². The Morgan fingerprint density at radius 3 is 2.88 bits per heavy atom. The molecule has 1 saturated carbocycles. The number of ether oxygens (including phenoxy) is 1. The number of aromatic nitrogens is 3. The van der Waals surface area contributed by atoms with Crippen LogP contribution in [-0.4, -0.2) is 38.9 Å². The smallest absolute Gasteiger partial charge is 0.256 e. The number of pyridine rings is 1. The summed E-state index contributed by atoms with van der Waals surface area (Å²) in [6.45, 7) is 1.00. The number of carbonyl (C=O) groups is 1. The first kappa shape index (κ1) is 16.6. The molecule has 2 aromatic rings. The van der Waals surface area contributed by atoms with Gasteiger partial charge in [0, 0.05) is 24.3 Å². The molecule has 0 spiro atoms. The highest BCUT2D eigenvalue weighted by Crippen LogP contribution is 2.33. The summed E-state index contributed by atoms with van der Waals surface area (Å²) in [5.74, 6) is 1.42. The molecule has 26 heavy (non-hydrogen) atoms. The van der Waals surface area contributed by atoms with Crippen molar-refractivity contribution in [1.82, 2.24) is 19.9 Å². The number of amides is 1. The minimum absolute atomic E-state index is 0.0783. The van der Waals surface area contributed by atoms with Crippen molar-refractivity contribution in [3.63, 3.8) is 0 Å². The van der Waals surface area contributed by atoms with Gasteiger partial charge in [-0.25, -0.2) is 9.97 Å². The van der Waals surface area contributed by atoms with Crippen molar-refractivity contribution in [1.29, 1.82) is 0 Å². The largest absolute Gasteiger partial charge is 0.481 e. The Morgan fingerprint density at radius 2 is 2.15 bits per heavy atom. The van der Waals surface area contributed by atoms with E-state index in [2.05, 4.69) is 20.3 Å². The van der Waals surface area contributed by atoms with Crippen molar-refractivity contribution in [3.05, 3.63) is 35.2 Å².